The van der Waals surface area contributed by atoms with Gasteiger partial charge in [0.25, 0.3) is 5.91 Å². The number of carbonyl (C=O) groups is 2. The van der Waals surface area contributed by atoms with Crippen molar-refractivity contribution in [3.05, 3.63) is 69.7 Å². The van der Waals surface area contributed by atoms with Crippen LogP contribution in [0.5, 0.6) is 0 Å². The molecule has 25 heavy (non-hydrogen) atoms. The summed E-state index contributed by atoms with van der Waals surface area (Å²) < 4.78 is 27.7. The molecule has 1 aliphatic rings. The minimum atomic E-state index is -0.835. The van der Waals surface area contributed by atoms with Crippen molar-refractivity contribution >= 4 is 27.6 Å². The van der Waals surface area contributed by atoms with Crippen molar-refractivity contribution in [3.63, 3.8) is 0 Å². The van der Waals surface area contributed by atoms with Crippen LogP contribution >= 0.6 is 15.9 Å². The van der Waals surface area contributed by atoms with Gasteiger partial charge in [0.1, 0.15) is 11.6 Å². The summed E-state index contributed by atoms with van der Waals surface area (Å²) in [6, 6.07) is 10.1. The Balaban J connectivity index is 1.64. The molecule has 2 aromatic rings. The van der Waals surface area contributed by atoms with Gasteiger partial charge in [0.2, 0.25) is 0 Å². The third-order valence-electron chi connectivity index (χ3n) is 4.44. The van der Waals surface area contributed by atoms with Gasteiger partial charge in [0.15, 0.2) is 5.78 Å². The van der Waals surface area contributed by atoms with Crippen molar-refractivity contribution in [3.8, 4) is 0 Å². The molecule has 0 spiro atoms. The summed E-state index contributed by atoms with van der Waals surface area (Å²) in [6.45, 7) is 0.877. The molecule has 3 rings (SSSR count). The first kappa shape index (κ1) is 17.7. The highest BCUT2D eigenvalue weighted by Gasteiger charge is 2.29. The van der Waals surface area contributed by atoms with Gasteiger partial charge in [-0.3, -0.25) is 9.59 Å². The number of Topliss-reactive ketones (excluding diaryl/α,β-unsaturated/α-hetero) is 1. The molecule has 0 N–H and O–H groups in total. The van der Waals surface area contributed by atoms with E-state index in [1.54, 1.807) is 29.2 Å². The quantitative estimate of drug-likeness (QED) is 0.704. The van der Waals surface area contributed by atoms with Crippen LogP contribution in [0.4, 0.5) is 8.78 Å². The third kappa shape index (κ3) is 3.95. The van der Waals surface area contributed by atoms with E-state index in [9.17, 15) is 18.4 Å². The van der Waals surface area contributed by atoms with Gasteiger partial charge >= 0.3 is 0 Å². The molecule has 0 atom stereocenters. The van der Waals surface area contributed by atoms with Crippen molar-refractivity contribution in [1.29, 1.82) is 0 Å². The Bertz CT molecular complexity index is 800. The van der Waals surface area contributed by atoms with Crippen molar-refractivity contribution in [2.24, 2.45) is 5.92 Å². The van der Waals surface area contributed by atoms with Crippen LogP contribution in [0.25, 0.3) is 0 Å². The maximum absolute atomic E-state index is 13.8. The molecule has 0 bridgehead atoms. The fourth-order valence-corrected chi connectivity index (χ4v) is 3.29. The molecular weight excluding hydrogens is 392 g/mol. The Morgan fingerprint density at radius 2 is 1.64 bits per heavy atom. The summed E-state index contributed by atoms with van der Waals surface area (Å²) in [7, 11) is 0. The fourth-order valence-electron chi connectivity index (χ4n) is 3.03. The molecule has 1 amide bonds. The van der Waals surface area contributed by atoms with Crippen molar-refractivity contribution in [1.82, 2.24) is 4.90 Å². The normalized spacial score (nSPS) is 15.2. The number of nitrogens with zero attached hydrogens (tertiary/aromatic N) is 1. The van der Waals surface area contributed by atoms with Crippen molar-refractivity contribution < 1.29 is 18.4 Å². The second-order valence-corrected chi connectivity index (χ2v) is 6.98. The van der Waals surface area contributed by atoms with Gasteiger partial charge in [0, 0.05) is 35.1 Å². The van der Waals surface area contributed by atoms with Gasteiger partial charge in [-0.05, 0) is 49.2 Å². The molecule has 0 saturated carbocycles. The van der Waals surface area contributed by atoms with Crippen LogP contribution in [0.3, 0.4) is 0 Å². The molecule has 0 unspecified atom stereocenters. The number of rotatable bonds is 3. The summed E-state index contributed by atoms with van der Waals surface area (Å²) in [5, 5.41) is 0. The maximum atomic E-state index is 13.8. The number of amides is 1. The number of hydrogen-bond acceptors (Lipinski definition) is 2. The van der Waals surface area contributed by atoms with Crippen LogP contribution in [0.1, 0.15) is 33.6 Å². The minimum absolute atomic E-state index is 0.0774. The SMILES string of the molecule is O=C(c1ccc(F)cc1F)C1CCN(C(=O)c2ccc(Br)cc2)CC1. The fraction of sp³-hybridized carbons (Fsp3) is 0.263. The Kier molecular flexibility index (Phi) is 5.27. The van der Waals surface area contributed by atoms with Gasteiger partial charge in [0.05, 0.1) is 5.56 Å². The summed E-state index contributed by atoms with van der Waals surface area (Å²) in [6.07, 6.45) is 0.940. The topological polar surface area (TPSA) is 37.4 Å². The van der Waals surface area contributed by atoms with Crippen LogP contribution in [0.2, 0.25) is 0 Å². The predicted octanol–water partition coefficient (Wildman–Crippen LogP) is 4.46. The number of halogens is 3. The van der Waals surface area contributed by atoms with E-state index in [2.05, 4.69) is 15.9 Å². The summed E-state index contributed by atoms with van der Waals surface area (Å²) >= 11 is 3.33. The van der Waals surface area contributed by atoms with Gasteiger partial charge in [-0.15, -0.1) is 0 Å². The van der Waals surface area contributed by atoms with Gasteiger partial charge in [-0.1, -0.05) is 15.9 Å². The summed E-state index contributed by atoms with van der Waals surface area (Å²) in [4.78, 5) is 26.6. The molecule has 0 radical (unpaired) electrons. The number of piperidine rings is 1. The van der Waals surface area contributed by atoms with E-state index >= 15 is 0 Å². The molecule has 3 nitrogen and oxygen atoms in total. The average molecular weight is 408 g/mol. The number of hydrogen-bond donors (Lipinski definition) is 0. The molecule has 0 aromatic heterocycles. The molecule has 0 aliphatic carbocycles. The van der Waals surface area contributed by atoms with Crippen molar-refractivity contribution in [2.45, 2.75) is 12.8 Å². The predicted molar refractivity (Wildman–Crippen MR) is 93.5 cm³/mol. The highest BCUT2D eigenvalue weighted by Crippen LogP contribution is 2.24. The van der Waals surface area contributed by atoms with E-state index in [4.69, 9.17) is 0 Å². The lowest BCUT2D eigenvalue weighted by Gasteiger charge is -2.31. The molecule has 1 aliphatic heterocycles. The number of benzene rings is 2. The van der Waals surface area contributed by atoms with Crippen LogP contribution < -0.4 is 0 Å². The smallest absolute Gasteiger partial charge is 0.253 e. The summed E-state index contributed by atoms with van der Waals surface area (Å²) in [5.41, 5.74) is 0.511. The van der Waals surface area contributed by atoms with Crippen LogP contribution in [-0.2, 0) is 0 Å². The Morgan fingerprint density at radius 1 is 1.00 bits per heavy atom. The Morgan fingerprint density at radius 3 is 2.24 bits per heavy atom. The highest BCUT2D eigenvalue weighted by atomic mass is 79.9. The molecule has 2 aromatic carbocycles. The zero-order valence-corrected chi connectivity index (χ0v) is 14.9. The molecular formula is C19H16BrF2NO2. The average Bonchev–Trinajstić information content (AvgIpc) is 2.61. The first-order valence-electron chi connectivity index (χ1n) is 8.00. The second kappa shape index (κ2) is 7.44. The number of ketones is 1. The van der Waals surface area contributed by atoms with E-state index in [1.165, 1.54) is 6.07 Å². The lowest BCUT2D eigenvalue weighted by Crippen LogP contribution is -2.40. The van der Waals surface area contributed by atoms with Crippen molar-refractivity contribution in [2.75, 3.05) is 13.1 Å². The van der Waals surface area contributed by atoms with Crippen LogP contribution in [-0.4, -0.2) is 29.7 Å². The largest absolute Gasteiger partial charge is 0.339 e. The van der Waals surface area contributed by atoms with E-state index < -0.39 is 11.6 Å². The van der Waals surface area contributed by atoms with Gasteiger partial charge in [-0.25, -0.2) is 8.78 Å². The first-order valence-corrected chi connectivity index (χ1v) is 8.79. The maximum Gasteiger partial charge on any atom is 0.253 e. The number of carbonyl (C=O) groups excluding carboxylic acids is 2. The standard InChI is InChI=1S/C19H16BrF2NO2/c20-14-3-1-13(2-4-14)19(25)23-9-7-12(8-10-23)18(24)16-6-5-15(21)11-17(16)22/h1-6,11-12H,7-10H2. The second-order valence-electron chi connectivity index (χ2n) is 6.06. The summed E-state index contributed by atoms with van der Waals surface area (Å²) in [5.74, 6) is -2.30. The molecule has 6 heteroatoms. The van der Waals surface area contributed by atoms with E-state index in [1.807, 2.05) is 0 Å². The monoisotopic (exact) mass is 407 g/mol. The highest BCUT2D eigenvalue weighted by molar-refractivity contribution is 9.10. The lowest BCUT2D eigenvalue weighted by molar-refractivity contribution is 0.0649. The van der Waals surface area contributed by atoms with E-state index in [-0.39, 0.29) is 23.2 Å². The molecule has 1 saturated heterocycles. The molecule has 1 fully saturated rings. The third-order valence-corrected chi connectivity index (χ3v) is 4.97. The van der Waals surface area contributed by atoms with E-state index in [0.29, 0.717) is 31.5 Å². The molecule has 1 heterocycles. The van der Waals surface area contributed by atoms with Crippen LogP contribution in [0.15, 0.2) is 46.9 Å². The van der Waals surface area contributed by atoms with Crippen LogP contribution in [0, 0.1) is 17.6 Å². The van der Waals surface area contributed by atoms with Gasteiger partial charge < -0.3 is 4.90 Å². The zero-order chi connectivity index (χ0) is 18.0. The van der Waals surface area contributed by atoms with Gasteiger partial charge in [-0.2, -0.15) is 0 Å². The number of likely N-dealkylation sites (tertiary alicyclic amines) is 1. The Labute approximate surface area is 152 Å². The first-order chi connectivity index (χ1) is 12.0. The lowest BCUT2D eigenvalue weighted by atomic mass is 9.88. The zero-order valence-electron chi connectivity index (χ0n) is 13.3. The molecule has 130 valence electrons. The van der Waals surface area contributed by atoms with E-state index in [0.717, 1.165) is 16.6 Å². The minimum Gasteiger partial charge on any atom is -0.339 e. The Hall–Kier alpha value is -2.08.